The molecule has 1 N–H and O–H groups in total. The van der Waals surface area contributed by atoms with Crippen molar-refractivity contribution in [2.75, 3.05) is 18.9 Å². The maximum Gasteiger partial charge on any atom is 0.253 e. The SMILES string of the molecule is CC(=O)N1CCc2ccccc2C1CC(=O)Nc1ccc(C(=O)N(C)C2CCCCC2)cc1. The first-order valence-electron chi connectivity index (χ1n) is 12.0. The van der Waals surface area contributed by atoms with Crippen LogP contribution in [0.1, 0.15) is 73.0 Å². The number of amides is 3. The number of nitrogens with one attached hydrogen (secondary N) is 1. The molecule has 1 unspecified atom stereocenters. The maximum absolute atomic E-state index is 12.9. The second-order valence-corrected chi connectivity index (χ2v) is 9.21. The molecular formula is C27H33N3O3. The van der Waals surface area contributed by atoms with Gasteiger partial charge in [0.25, 0.3) is 5.91 Å². The minimum Gasteiger partial charge on any atom is -0.339 e. The lowest BCUT2D eigenvalue weighted by Gasteiger charge is -2.36. The Labute approximate surface area is 196 Å². The standard InChI is InChI=1S/C27H33N3O3/c1-19(31)30-17-16-20-8-6-7-11-24(20)25(30)18-26(32)28-22-14-12-21(13-15-22)27(33)29(2)23-9-4-3-5-10-23/h6-8,11-15,23,25H,3-5,9-10,16-18H2,1-2H3,(H,28,32). The molecule has 1 aliphatic carbocycles. The minimum atomic E-state index is -0.266. The van der Waals surface area contributed by atoms with Crippen LogP contribution in [0.2, 0.25) is 0 Å². The second-order valence-electron chi connectivity index (χ2n) is 9.21. The number of hydrogen-bond donors (Lipinski definition) is 1. The summed E-state index contributed by atoms with van der Waals surface area (Å²) in [7, 11) is 1.89. The van der Waals surface area contributed by atoms with Gasteiger partial charge in [-0.1, -0.05) is 43.5 Å². The van der Waals surface area contributed by atoms with Crippen molar-refractivity contribution >= 4 is 23.4 Å². The van der Waals surface area contributed by atoms with Crippen LogP contribution in [-0.2, 0) is 16.0 Å². The van der Waals surface area contributed by atoms with Crippen molar-refractivity contribution in [3.05, 3.63) is 65.2 Å². The number of carbonyl (C=O) groups excluding carboxylic acids is 3. The Morgan fingerprint density at radius 1 is 1.00 bits per heavy atom. The van der Waals surface area contributed by atoms with Gasteiger partial charge < -0.3 is 15.1 Å². The van der Waals surface area contributed by atoms with Crippen molar-refractivity contribution in [2.24, 2.45) is 0 Å². The van der Waals surface area contributed by atoms with E-state index < -0.39 is 0 Å². The van der Waals surface area contributed by atoms with E-state index in [1.54, 1.807) is 36.1 Å². The zero-order valence-corrected chi connectivity index (χ0v) is 19.5. The third-order valence-corrected chi connectivity index (χ3v) is 7.05. The van der Waals surface area contributed by atoms with Gasteiger partial charge in [-0.15, -0.1) is 0 Å². The molecule has 1 fully saturated rings. The first-order chi connectivity index (χ1) is 15.9. The van der Waals surface area contributed by atoms with E-state index in [0.29, 0.717) is 23.8 Å². The highest BCUT2D eigenvalue weighted by atomic mass is 16.2. The molecule has 1 heterocycles. The van der Waals surface area contributed by atoms with Crippen molar-refractivity contribution in [1.29, 1.82) is 0 Å². The Bertz CT molecular complexity index is 1010. The molecule has 2 aliphatic rings. The van der Waals surface area contributed by atoms with Gasteiger partial charge in [-0.25, -0.2) is 0 Å². The van der Waals surface area contributed by atoms with E-state index in [1.165, 1.54) is 24.8 Å². The van der Waals surface area contributed by atoms with Gasteiger partial charge in [0.2, 0.25) is 11.8 Å². The fourth-order valence-electron chi connectivity index (χ4n) is 5.17. The summed E-state index contributed by atoms with van der Waals surface area (Å²) in [5, 5.41) is 2.94. The summed E-state index contributed by atoms with van der Waals surface area (Å²) in [5.74, 6) is -0.149. The molecule has 1 saturated carbocycles. The van der Waals surface area contributed by atoms with E-state index in [9.17, 15) is 14.4 Å². The molecule has 0 aromatic heterocycles. The lowest BCUT2D eigenvalue weighted by molar-refractivity contribution is -0.132. The van der Waals surface area contributed by atoms with E-state index in [4.69, 9.17) is 0 Å². The quantitative estimate of drug-likeness (QED) is 0.730. The zero-order chi connectivity index (χ0) is 23.4. The van der Waals surface area contributed by atoms with Gasteiger partial charge in [0.15, 0.2) is 0 Å². The number of hydrogen-bond acceptors (Lipinski definition) is 3. The molecule has 6 nitrogen and oxygen atoms in total. The summed E-state index contributed by atoms with van der Waals surface area (Å²) >= 11 is 0. The molecule has 0 radical (unpaired) electrons. The lowest BCUT2D eigenvalue weighted by atomic mass is 9.90. The minimum absolute atomic E-state index is 0.0211. The lowest BCUT2D eigenvalue weighted by Crippen LogP contribution is -2.40. The molecule has 4 rings (SSSR count). The molecule has 3 amide bonds. The van der Waals surface area contributed by atoms with Crippen LogP contribution < -0.4 is 5.32 Å². The fourth-order valence-corrected chi connectivity index (χ4v) is 5.17. The van der Waals surface area contributed by atoms with Crippen LogP contribution >= 0.6 is 0 Å². The van der Waals surface area contributed by atoms with E-state index in [2.05, 4.69) is 11.4 Å². The Morgan fingerprint density at radius 2 is 1.70 bits per heavy atom. The Morgan fingerprint density at radius 3 is 2.39 bits per heavy atom. The van der Waals surface area contributed by atoms with Crippen LogP contribution in [0.3, 0.4) is 0 Å². The number of nitrogens with zero attached hydrogens (tertiary/aromatic N) is 2. The molecule has 0 saturated heterocycles. The second kappa shape index (κ2) is 10.2. The van der Waals surface area contributed by atoms with Crippen molar-refractivity contribution in [1.82, 2.24) is 9.80 Å². The highest BCUT2D eigenvalue weighted by Crippen LogP contribution is 2.32. The van der Waals surface area contributed by atoms with Crippen molar-refractivity contribution < 1.29 is 14.4 Å². The van der Waals surface area contributed by atoms with Gasteiger partial charge >= 0.3 is 0 Å². The third-order valence-electron chi connectivity index (χ3n) is 7.05. The molecule has 1 atom stereocenters. The number of rotatable bonds is 5. The average Bonchev–Trinajstić information content (AvgIpc) is 2.84. The predicted molar refractivity (Wildman–Crippen MR) is 129 cm³/mol. The largest absolute Gasteiger partial charge is 0.339 e. The van der Waals surface area contributed by atoms with E-state index in [1.807, 2.05) is 30.1 Å². The number of carbonyl (C=O) groups is 3. The molecule has 33 heavy (non-hydrogen) atoms. The highest BCUT2D eigenvalue weighted by molar-refractivity contribution is 5.96. The molecule has 2 aromatic carbocycles. The number of anilines is 1. The van der Waals surface area contributed by atoms with Crippen LogP contribution in [0.25, 0.3) is 0 Å². The van der Waals surface area contributed by atoms with Gasteiger partial charge in [-0.3, -0.25) is 14.4 Å². The van der Waals surface area contributed by atoms with Crippen LogP contribution in [0.15, 0.2) is 48.5 Å². The van der Waals surface area contributed by atoms with E-state index in [-0.39, 0.29) is 30.2 Å². The topological polar surface area (TPSA) is 69.7 Å². The number of benzene rings is 2. The van der Waals surface area contributed by atoms with Crippen LogP contribution in [0, 0.1) is 0 Å². The van der Waals surface area contributed by atoms with Gasteiger partial charge in [0.05, 0.1) is 12.5 Å². The molecule has 2 aromatic rings. The maximum atomic E-state index is 12.9. The van der Waals surface area contributed by atoms with Gasteiger partial charge in [0.1, 0.15) is 0 Å². The van der Waals surface area contributed by atoms with Gasteiger partial charge in [-0.2, -0.15) is 0 Å². The Balaban J connectivity index is 1.40. The molecule has 0 bridgehead atoms. The molecule has 6 heteroatoms. The van der Waals surface area contributed by atoms with Crippen molar-refractivity contribution in [2.45, 2.75) is 64.0 Å². The summed E-state index contributed by atoms with van der Waals surface area (Å²) in [5.41, 5.74) is 3.51. The molecular weight excluding hydrogens is 414 g/mol. The van der Waals surface area contributed by atoms with E-state index >= 15 is 0 Å². The smallest absolute Gasteiger partial charge is 0.253 e. The Kier molecular flexibility index (Phi) is 7.11. The zero-order valence-electron chi connectivity index (χ0n) is 19.5. The first kappa shape index (κ1) is 23.0. The van der Waals surface area contributed by atoms with Crippen LogP contribution in [0.4, 0.5) is 5.69 Å². The third kappa shape index (κ3) is 5.27. The Hall–Kier alpha value is -3.15. The first-order valence-corrected chi connectivity index (χ1v) is 12.0. The summed E-state index contributed by atoms with van der Waals surface area (Å²) in [6.45, 7) is 2.18. The highest BCUT2D eigenvalue weighted by Gasteiger charge is 2.30. The summed E-state index contributed by atoms with van der Waals surface area (Å²) < 4.78 is 0. The summed E-state index contributed by atoms with van der Waals surface area (Å²) in [6.07, 6.45) is 6.75. The molecule has 1 aliphatic heterocycles. The van der Waals surface area contributed by atoms with E-state index in [0.717, 1.165) is 24.8 Å². The van der Waals surface area contributed by atoms with Gasteiger partial charge in [0, 0.05) is 37.8 Å². The summed E-state index contributed by atoms with van der Waals surface area (Å²) in [4.78, 5) is 41.6. The fraction of sp³-hybridized carbons (Fsp3) is 0.444. The monoisotopic (exact) mass is 447 g/mol. The van der Waals surface area contributed by atoms with Gasteiger partial charge in [-0.05, 0) is 54.7 Å². The van der Waals surface area contributed by atoms with Crippen molar-refractivity contribution in [3.8, 4) is 0 Å². The molecule has 174 valence electrons. The van der Waals surface area contributed by atoms with Crippen LogP contribution in [0.5, 0.6) is 0 Å². The number of fused-ring (bicyclic) bond motifs is 1. The molecule has 0 spiro atoms. The normalized spacial score (nSPS) is 18.4. The average molecular weight is 448 g/mol. The summed E-state index contributed by atoms with van der Waals surface area (Å²) in [6, 6.07) is 15.2. The van der Waals surface area contributed by atoms with Crippen molar-refractivity contribution in [3.63, 3.8) is 0 Å². The van der Waals surface area contributed by atoms with Crippen LogP contribution in [-0.4, -0.2) is 47.2 Å². The predicted octanol–water partition coefficient (Wildman–Crippen LogP) is 4.57.